The summed E-state index contributed by atoms with van der Waals surface area (Å²) in [5.74, 6) is 0.0863. The van der Waals surface area contributed by atoms with Gasteiger partial charge in [-0.25, -0.2) is 8.42 Å². The lowest BCUT2D eigenvalue weighted by molar-refractivity contribution is 0.101. The lowest BCUT2D eigenvalue weighted by Gasteiger charge is -2.34. The molecule has 33 heavy (non-hydrogen) atoms. The number of carbonyl (C=O) groups is 1. The van der Waals surface area contributed by atoms with Crippen LogP contribution in [0.3, 0.4) is 0 Å². The summed E-state index contributed by atoms with van der Waals surface area (Å²) in [6.07, 6.45) is 3.63. The summed E-state index contributed by atoms with van der Waals surface area (Å²) in [6.45, 7) is 6.62. The molecule has 1 aliphatic rings. The molecule has 0 unspecified atom stereocenters. The highest BCUT2D eigenvalue weighted by Crippen LogP contribution is 2.28. The molecule has 0 spiro atoms. The van der Waals surface area contributed by atoms with Gasteiger partial charge in [0.1, 0.15) is 0 Å². The SMILES string of the molecule is CC[C@H]1CCCCN1S(=O)(=O)c1ccc(NC(=O)c2cc(-c3ccc(C)c(C)c3)on2)cc1. The zero-order valence-corrected chi connectivity index (χ0v) is 20.0. The highest BCUT2D eigenvalue weighted by atomic mass is 32.2. The molecular weight excluding hydrogens is 438 g/mol. The molecule has 1 fully saturated rings. The second kappa shape index (κ2) is 9.49. The number of anilines is 1. The number of amides is 1. The van der Waals surface area contributed by atoms with E-state index in [9.17, 15) is 13.2 Å². The molecule has 174 valence electrons. The van der Waals surface area contributed by atoms with Gasteiger partial charge in [0.2, 0.25) is 10.0 Å². The van der Waals surface area contributed by atoms with Crippen LogP contribution in [-0.2, 0) is 10.0 Å². The van der Waals surface area contributed by atoms with Crippen molar-refractivity contribution in [2.75, 3.05) is 11.9 Å². The second-order valence-electron chi connectivity index (χ2n) is 8.53. The zero-order chi connectivity index (χ0) is 23.6. The van der Waals surface area contributed by atoms with Gasteiger partial charge in [0, 0.05) is 29.9 Å². The molecule has 3 aromatic rings. The summed E-state index contributed by atoms with van der Waals surface area (Å²) in [4.78, 5) is 12.9. The molecule has 1 atom stereocenters. The third-order valence-electron chi connectivity index (χ3n) is 6.30. The zero-order valence-electron chi connectivity index (χ0n) is 19.2. The first-order chi connectivity index (χ1) is 15.8. The quantitative estimate of drug-likeness (QED) is 0.540. The Bertz CT molecular complexity index is 1250. The topological polar surface area (TPSA) is 92.5 Å². The van der Waals surface area contributed by atoms with E-state index < -0.39 is 15.9 Å². The molecule has 0 saturated carbocycles. The molecule has 1 N–H and O–H groups in total. The van der Waals surface area contributed by atoms with Crippen molar-refractivity contribution >= 4 is 21.6 Å². The Labute approximate surface area is 194 Å². The summed E-state index contributed by atoms with van der Waals surface area (Å²) < 4.78 is 33.2. The first kappa shape index (κ1) is 23.2. The van der Waals surface area contributed by atoms with Crippen molar-refractivity contribution in [3.8, 4) is 11.3 Å². The largest absolute Gasteiger partial charge is 0.355 e. The van der Waals surface area contributed by atoms with Gasteiger partial charge in [-0.1, -0.05) is 30.6 Å². The normalized spacial score (nSPS) is 17.1. The van der Waals surface area contributed by atoms with E-state index in [0.29, 0.717) is 18.0 Å². The lowest BCUT2D eigenvalue weighted by Crippen LogP contribution is -2.43. The van der Waals surface area contributed by atoms with Crippen LogP contribution in [0, 0.1) is 13.8 Å². The van der Waals surface area contributed by atoms with E-state index in [0.717, 1.165) is 36.8 Å². The van der Waals surface area contributed by atoms with Crippen molar-refractivity contribution in [2.45, 2.75) is 57.4 Å². The van der Waals surface area contributed by atoms with Gasteiger partial charge in [-0.2, -0.15) is 4.31 Å². The van der Waals surface area contributed by atoms with Crippen LogP contribution in [0.25, 0.3) is 11.3 Å². The van der Waals surface area contributed by atoms with Gasteiger partial charge in [0.15, 0.2) is 11.5 Å². The van der Waals surface area contributed by atoms with Crippen LogP contribution in [0.2, 0.25) is 0 Å². The van der Waals surface area contributed by atoms with Gasteiger partial charge in [-0.05, 0) is 74.6 Å². The molecular formula is C25H29N3O4S. The standard InChI is InChI=1S/C25H29N3O4S/c1-4-21-7-5-6-14-28(21)33(30,31)22-12-10-20(11-13-22)26-25(29)23-16-24(32-27-23)19-9-8-17(2)18(3)15-19/h8-13,15-16,21H,4-7,14H2,1-3H3,(H,26,29)/t21-/m0/s1. The predicted molar refractivity (Wildman–Crippen MR) is 128 cm³/mol. The molecule has 2 aromatic carbocycles. The van der Waals surface area contributed by atoms with E-state index in [1.165, 1.54) is 17.7 Å². The average Bonchev–Trinajstić information content (AvgIpc) is 3.32. The summed E-state index contributed by atoms with van der Waals surface area (Å²) in [5.41, 5.74) is 3.79. The van der Waals surface area contributed by atoms with Gasteiger partial charge >= 0.3 is 0 Å². The molecule has 1 aromatic heterocycles. The molecule has 1 aliphatic heterocycles. The molecule has 2 heterocycles. The van der Waals surface area contributed by atoms with E-state index in [1.807, 2.05) is 39.0 Å². The average molecular weight is 468 g/mol. The maximum atomic E-state index is 13.1. The fourth-order valence-corrected chi connectivity index (χ4v) is 5.92. The minimum atomic E-state index is -3.56. The van der Waals surface area contributed by atoms with Crippen molar-refractivity contribution in [1.82, 2.24) is 9.46 Å². The van der Waals surface area contributed by atoms with E-state index in [-0.39, 0.29) is 16.6 Å². The van der Waals surface area contributed by atoms with Crippen LogP contribution in [0.5, 0.6) is 0 Å². The van der Waals surface area contributed by atoms with Gasteiger partial charge in [0.25, 0.3) is 5.91 Å². The summed E-state index contributed by atoms with van der Waals surface area (Å²) in [6, 6.07) is 13.8. The number of hydrogen-bond acceptors (Lipinski definition) is 5. The first-order valence-electron chi connectivity index (χ1n) is 11.3. The van der Waals surface area contributed by atoms with Crippen LogP contribution in [0.15, 0.2) is 57.9 Å². The number of nitrogens with zero attached hydrogens (tertiary/aromatic N) is 2. The molecule has 0 radical (unpaired) electrons. The Hall–Kier alpha value is -2.97. The van der Waals surface area contributed by atoms with Crippen molar-refractivity contribution in [1.29, 1.82) is 0 Å². The Kier molecular flexibility index (Phi) is 6.67. The minimum Gasteiger partial charge on any atom is -0.355 e. The van der Waals surface area contributed by atoms with Gasteiger partial charge in [0.05, 0.1) is 4.90 Å². The summed E-state index contributed by atoms with van der Waals surface area (Å²) in [5, 5.41) is 6.64. The molecule has 1 saturated heterocycles. The monoisotopic (exact) mass is 467 g/mol. The van der Waals surface area contributed by atoms with E-state index >= 15 is 0 Å². The minimum absolute atomic E-state index is 0.0433. The van der Waals surface area contributed by atoms with Crippen LogP contribution in [-0.4, -0.2) is 36.4 Å². The van der Waals surface area contributed by atoms with E-state index in [1.54, 1.807) is 22.5 Å². The molecule has 8 heteroatoms. The Morgan fingerprint density at radius 3 is 2.55 bits per heavy atom. The summed E-state index contributed by atoms with van der Waals surface area (Å²) >= 11 is 0. The highest BCUT2D eigenvalue weighted by molar-refractivity contribution is 7.89. The first-order valence-corrected chi connectivity index (χ1v) is 12.7. The number of aromatic nitrogens is 1. The fraction of sp³-hybridized carbons (Fsp3) is 0.360. The number of piperidine rings is 1. The Morgan fingerprint density at radius 1 is 1.09 bits per heavy atom. The Balaban J connectivity index is 1.46. The van der Waals surface area contributed by atoms with Crippen molar-refractivity contribution in [2.24, 2.45) is 0 Å². The summed E-state index contributed by atoms with van der Waals surface area (Å²) in [7, 11) is -3.56. The second-order valence-corrected chi connectivity index (χ2v) is 10.4. The fourth-order valence-electron chi connectivity index (χ4n) is 4.15. The number of hydrogen-bond donors (Lipinski definition) is 1. The number of sulfonamides is 1. The van der Waals surface area contributed by atoms with Crippen LogP contribution in [0.1, 0.15) is 54.2 Å². The van der Waals surface area contributed by atoms with Crippen LogP contribution >= 0.6 is 0 Å². The molecule has 1 amide bonds. The molecule has 0 bridgehead atoms. The molecule has 7 nitrogen and oxygen atoms in total. The predicted octanol–water partition coefficient (Wildman–Crippen LogP) is 5.16. The molecule has 0 aliphatic carbocycles. The third-order valence-corrected chi connectivity index (χ3v) is 8.26. The van der Waals surface area contributed by atoms with Gasteiger partial charge < -0.3 is 9.84 Å². The Morgan fingerprint density at radius 2 is 1.85 bits per heavy atom. The van der Waals surface area contributed by atoms with E-state index in [4.69, 9.17) is 4.52 Å². The number of carbonyl (C=O) groups excluding carboxylic acids is 1. The maximum Gasteiger partial charge on any atom is 0.277 e. The van der Waals surface area contributed by atoms with Crippen molar-refractivity contribution in [3.63, 3.8) is 0 Å². The number of nitrogens with one attached hydrogen (secondary N) is 1. The van der Waals surface area contributed by atoms with Crippen molar-refractivity contribution in [3.05, 3.63) is 65.4 Å². The number of rotatable bonds is 6. The van der Waals surface area contributed by atoms with Crippen LogP contribution < -0.4 is 5.32 Å². The van der Waals surface area contributed by atoms with Gasteiger partial charge in [-0.15, -0.1) is 0 Å². The smallest absolute Gasteiger partial charge is 0.277 e. The van der Waals surface area contributed by atoms with Gasteiger partial charge in [-0.3, -0.25) is 4.79 Å². The maximum absolute atomic E-state index is 13.1. The lowest BCUT2D eigenvalue weighted by atomic mass is 10.0. The molecule has 4 rings (SSSR count). The third kappa shape index (κ3) is 4.86. The highest BCUT2D eigenvalue weighted by Gasteiger charge is 2.32. The number of benzene rings is 2. The number of aryl methyl sites for hydroxylation is 2. The van der Waals surface area contributed by atoms with Crippen molar-refractivity contribution < 1.29 is 17.7 Å². The van der Waals surface area contributed by atoms with E-state index in [2.05, 4.69) is 10.5 Å². The van der Waals surface area contributed by atoms with Crippen LogP contribution in [0.4, 0.5) is 5.69 Å².